The van der Waals surface area contributed by atoms with Gasteiger partial charge in [-0.1, -0.05) is 24.3 Å². The summed E-state index contributed by atoms with van der Waals surface area (Å²) in [5, 5.41) is 6.20. The van der Waals surface area contributed by atoms with Gasteiger partial charge < -0.3 is 5.73 Å². The van der Waals surface area contributed by atoms with E-state index < -0.39 is 0 Å². The molecule has 0 aliphatic heterocycles. The second-order valence-corrected chi connectivity index (χ2v) is 3.63. The maximum atomic E-state index is 5.23. The maximum absolute atomic E-state index is 5.23. The summed E-state index contributed by atoms with van der Waals surface area (Å²) < 4.78 is 0. The number of benzene rings is 1. The molecule has 4 nitrogen and oxygen atoms in total. The molecule has 0 spiro atoms. The lowest BCUT2D eigenvalue weighted by Crippen LogP contribution is -2.24. The highest BCUT2D eigenvalue weighted by Gasteiger charge is 1.94. The molecule has 0 fully saturated rings. The Morgan fingerprint density at radius 2 is 2.12 bits per heavy atom. The molecule has 0 atom stereocenters. The molecule has 0 amide bonds. The van der Waals surface area contributed by atoms with Gasteiger partial charge in [-0.05, 0) is 23.7 Å². The Bertz CT molecular complexity index is 550. The largest absolute Gasteiger partial charge is 0.375 e. The molecule has 16 heavy (non-hydrogen) atoms. The smallest absolute Gasteiger partial charge is 0.184 e. The molecule has 0 saturated heterocycles. The first-order valence-electron chi connectivity index (χ1n) is 4.69. The van der Waals surface area contributed by atoms with Gasteiger partial charge in [-0.3, -0.25) is 10.4 Å². The molecule has 0 unspecified atom stereocenters. The fraction of sp³-hybridized carbons (Fsp3) is 0. The number of aromatic nitrogens is 1. The second-order valence-electron chi connectivity index (χ2n) is 3.19. The highest BCUT2D eigenvalue weighted by atomic mass is 32.1. The van der Waals surface area contributed by atoms with E-state index >= 15 is 0 Å². The van der Waals surface area contributed by atoms with Crippen LogP contribution in [0, 0.1) is 0 Å². The predicted molar refractivity (Wildman–Crippen MR) is 69.3 cm³/mol. The lowest BCUT2D eigenvalue weighted by molar-refractivity contribution is 1.04. The molecular weight excluding hydrogens is 220 g/mol. The maximum Gasteiger partial charge on any atom is 0.184 e. The molecule has 0 aliphatic rings. The third kappa shape index (κ3) is 2.52. The van der Waals surface area contributed by atoms with E-state index in [4.69, 9.17) is 5.73 Å². The zero-order valence-corrected chi connectivity index (χ0v) is 9.24. The Labute approximate surface area is 98.2 Å². The van der Waals surface area contributed by atoms with Crippen LogP contribution in [0.4, 0.5) is 0 Å². The minimum absolute atomic E-state index is 0.136. The van der Waals surface area contributed by atoms with Crippen molar-refractivity contribution in [3.63, 3.8) is 0 Å². The summed E-state index contributed by atoms with van der Waals surface area (Å²) in [5.74, 6) is 0. The Hall–Kier alpha value is -2.01. The molecule has 2 aromatic rings. The van der Waals surface area contributed by atoms with Crippen LogP contribution in [-0.4, -0.2) is 16.3 Å². The average Bonchev–Trinajstić information content (AvgIpc) is 2.28. The van der Waals surface area contributed by atoms with Crippen molar-refractivity contribution in [3.05, 3.63) is 42.2 Å². The van der Waals surface area contributed by atoms with E-state index in [1.807, 2.05) is 30.3 Å². The summed E-state index contributed by atoms with van der Waals surface area (Å²) >= 11 is 4.62. The number of thiocarbonyl (C=S) groups is 1. The van der Waals surface area contributed by atoms with E-state index in [0.717, 1.165) is 16.5 Å². The molecule has 1 aromatic carbocycles. The molecular formula is C11H10N4S. The molecule has 3 N–H and O–H groups in total. The van der Waals surface area contributed by atoms with Crippen LogP contribution in [0.5, 0.6) is 0 Å². The molecule has 0 aliphatic carbocycles. The minimum atomic E-state index is 0.136. The van der Waals surface area contributed by atoms with Crippen LogP contribution in [0.2, 0.25) is 0 Å². The van der Waals surface area contributed by atoms with Crippen LogP contribution >= 0.6 is 12.2 Å². The van der Waals surface area contributed by atoms with Crippen molar-refractivity contribution in [1.29, 1.82) is 0 Å². The molecule has 5 heteroatoms. The summed E-state index contributed by atoms with van der Waals surface area (Å²) in [4.78, 5) is 4.23. The third-order valence-corrected chi connectivity index (χ3v) is 2.11. The van der Waals surface area contributed by atoms with E-state index in [-0.39, 0.29) is 5.11 Å². The van der Waals surface area contributed by atoms with Gasteiger partial charge in [0.05, 0.1) is 11.9 Å². The second kappa shape index (κ2) is 4.67. The first-order chi connectivity index (χ1) is 7.75. The normalized spacial score (nSPS) is 10.8. The van der Waals surface area contributed by atoms with Gasteiger partial charge in [0, 0.05) is 11.6 Å². The topological polar surface area (TPSA) is 63.3 Å². The molecule has 1 heterocycles. The van der Waals surface area contributed by atoms with Crippen molar-refractivity contribution in [1.82, 2.24) is 10.4 Å². The van der Waals surface area contributed by atoms with E-state index in [2.05, 4.69) is 27.7 Å². The van der Waals surface area contributed by atoms with Gasteiger partial charge in [0.1, 0.15) is 0 Å². The van der Waals surface area contributed by atoms with Crippen molar-refractivity contribution in [2.75, 3.05) is 0 Å². The Balaban J connectivity index is 2.26. The molecule has 2 rings (SSSR count). The lowest BCUT2D eigenvalue weighted by atomic mass is 10.1. The molecule has 0 bridgehead atoms. The minimum Gasteiger partial charge on any atom is -0.375 e. The van der Waals surface area contributed by atoms with Crippen molar-refractivity contribution in [3.8, 4) is 0 Å². The fourth-order valence-electron chi connectivity index (χ4n) is 1.33. The van der Waals surface area contributed by atoms with Crippen LogP contribution < -0.4 is 11.2 Å². The fourth-order valence-corrected chi connectivity index (χ4v) is 1.39. The van der Waals surface area contributed by atoms with Gasteiger partial charge in [0.25, 0.3) is 0 Å². The standard InChI is InChI=1S/C11H10N4S/c12-11(16)15-14-7-10-5-8-3-1-2-4-9(8)6-13-10/h1-7H,(H3,12,15,16). The van der Waals surface area contributed by atoms with Gasteiger partial charge in [-0.15, -0.1) is 0 Å². The van der Waals surface area contributed by atoms with Gasteiger partial charge in [0.15, 0.2) is 5.11 Å². The number of hydrazone groups is 1. The zero-order chi connectivity index (χ0) is 11.4. The lowest BCUT2D eigenvalue weighted by Gasteiger charge is -1.98. The first-order valence-corrected chi connectivity index (χ1v) is 5.10. The summed E-state index contributed by atoms with van der Waals surface area (Å²) in [6.07, 6.45) is 3.38. The Morgan fingerprint density at radius 3 is 2.88 bits per heavy atom. The molecule has 0 radical (unpaired) electrons. The van der Waals surface area contributed by atoms with Crippen LogP contribution in [-0.2, 0) is 0 Å². The highest BCUT2D eigenvalue weighted by Crippen LogP contribution is 2.12. The van der Waals surface area contributed by atoms with Gasteiger partial charge in [-0.25, -0.2) is 0 Å². The number of hydrogen-bond donors (Lipinski definition) is 2. The van der Waals surface area contributed by atoms with Crippen LogP contribution in [0.25, 0.3) is 10.8 Å². The number of pyridine rings is 1. The third-order valence-electron chi connectivity index (χ3n) is 2.02. The number of nitrogens with two attached hydrogens (primary N) is 1. The number of nitrogens with one attached hydrogen (secondary N) is 1. The highest BCUT2D eigenvalue weighted by molar-refractivity contribution is 7.80. The van der Waals surface area contributed by atoms with Crippen LogP contribution in [0.15, 0.2) is 41.6 Å². The molecule has 1 aromatic heterocycles. The van der Waals surface area contributed by atoms with Gasteiger partial charge >= 0.3 is 0 Å². The predicted octanol–water partition coefficient (Wildman–Crippen LogP) is 1.40. The summed E-state index contributed by atoms with van der Waals surface area (Å²) in [7, 11) is 0. The van der Waals surface area contributed by atoms with E-state index in [1.54, 1.807) is 12.4 Å². The van der Waals surface area contributed by atoms with Crippen LogP contribution in [0.3, 0.4) is 0 Å². The number of hydrogen-bond acceptors (Lipinski definition) is 3. The first kappa shape index (κ1) is 10.5. The number of fused-ring (bicyclic) bond motifs is 1. The van der Waals surface area contributed by atoms with E-state index in [1.165, 1.54) is 0 Å². The van der Waals surface area contributed by atoms with Gasteiger partial charge in [-0.2, -0.15) is 5.10 Å². The summed E-state index contributed by atoms with van der Waals surface area (Å²) in [6.45, 7) is 0. The zero-order valence-electron chi connectivity index (χ0n) is 8.42. The van der Waals surface area contributed by atoms with E-state index in [0.29, 0.717) is 0 Å². The van der Waals surface area contributed by atoms with E-state index in [9.17, 15) is 0 Å². The average molecular weight is 230 g/mol. The van der Waals surface area contributed by atoms with Crippen molar-refractivity contribution < 1.29 is 0 Å². The van der Waals surface area contributed by atoms with Crippen molar-refractivity contribution in [2.45, 2.75) is 0 Å². The summed E-state index contributed by atoms with van der Waals surface area (Å²) in [6, 6.07) is 9.94. The molecule has 0 saturated carbocycles. The van der Waals surface area contributed by atoms with Crippen LogP contribution in [0.1, 0.15) is 5.69 Å². The number of nitrogens with zero attached hydrogens (tertiary/aromatic N) is 2. The van der Waals surface area contributed by atoms with Crippen molar-refractivity contribution >= 4 is 34.3 Å². The quantitative estimate of drug-likeness (QED) is 0.465. The Kier molecular flexibility index (Phi) is 3.07. The molecule has 80 valence electrons. The van der Waals surface area contributed by atoms with Crippen molar-refractivity contribution in [2.24, 2.45) is 10.8 Å². The SMILES string of the molecule is NC(=S)NN=Cc1cc2ccccc2cn1. The van der Waals surface area contributed by atoms with Gasteiger partial charge in [0.2, 0.25) is 0 Å². The number of rotatable bonds is 2. The monoisotopic (exact) mass is 230 g/mol. The Morgan fingerprint density at radius 1 is 1.38 bits per heavy atom. The summed E-state index contributed by atoms with van der Waals surface area (Å²) in [5.41, 5.74) is 8.47.